The van der Waals surface area contributed by atoms with E-state index in [4.69, 9.17) is 9.47 Å². The van der Waals surface area contributed by atoms with Crippen LogP contribution in [0.2, 0.25) is 0 Å². The number of benzene rings is 1. The molecule has 0 aliphatic carbocycles. The summed E-state index contributed by atoms with van der Waals surface area (Å²) in [5.41, 5.74) is 5.43. The van der Waals surface area contributed by atoms with Crippen molar-refractivity contribution in [1.29, 1.82) is 0 Å². The van der Waals surface area contributed by atoms with Crippen LogP contribution in [0.4, 0.5) is 0 Å². The van der Waals surface area contributed by atoms with Crippen molar-refractivity contribution in [2.45, 2.75) is 20.1 Å². The second-order valence-electron chi connectivity index (χ2n) is 7.10. The molecule has 154 valence electrons. The highest BCUT2D eigenvalue weighted by molar-refractivity contribution is 5.70. The maximum absolute atomic E-state index is 5.33. The van der Waals surface area contributed by atoms with Crippen molar-refractivity contribution in [2.75, 3.05) is 14.2 Å². The largest absolute Gasteiger partial charge is 0.467 e. The molecule has 0 saturated carbocycles. The molecule has 1 aliphatic heterocycles. The predicted octanol–water partition coefficient (Wildman–Crippen LogP) is 2.15. The van der Waals surface area contributed by atoms with Gasteiger partial charge in [-0.15, -0.1) is 10.2 Å². The van der Waals surface area contributed by atoms with Gasteiger partial charge in [0.25, 0.3) is 0 Å². The van der Waals surface area contributed by atoms with Gasteiger partial charge in [0.05, 0.1) is 30.6 Å². The van der Waals surface area contributed by atoms with Gasteiger partial charge in [0, 0.05) is 25.1 Å². The first-order chi connectivity index (χ1) is 15.2. The zero-order valence-electron chi connectivity index (χ0n) is 17.3. The van der Waals surface area contributed by atoms with E-state index in [0.29, 0.717) is 30.4 Å². The third-order valence-electron chi connectivity index (χ3n) is 5.06. The Balaban J connectivity index is 1.64. The Kier molecular flexibility index (Phi) is 4.69. The predicted molar refractivity (Wildman–Crippen MR) is 112 cm³/mol. The smallest absolute Gasteiger partial charge is 0.316 e. The number of fused-ring (bicyclic) bond motifs is 5. The minimum absolute atomic E-state index is 0.305. The first-order valence-electron chi connectivity index (χ1n) is 9.64. The number of nitrogens with zero attached hydrogens (tertiary/aromatic N) is 7. The number of hydrogen-bond donors (Lipinski definition) is 0. The summed E-state index contributed by atoms with van der Waals surface area (Å²) in [6, 6.07) is 6.57. The van der Waals surface area contributed by atoms with Crippen molar-refractivity contribution < 1.29 is 9.47 Å². The van der Waals surface area contributed by atoms with Gasteiger partial charge in [-0.2, -0.15) is 0 Å². The van der Waals surface area contributed by atoms with E-state index >= 15 is 0 Å². The Hall–Kier alpha value is -4.03. The lowest BCUT2D eigenvalue weighted by molar-refractivity contribution is 0.174. The zero-order chi connectivity index (χ0) is 21.4. The van der Waals surface area contributed by atoms with Crippen LogP contribution in [0.5, 0.6) is 6.01 Å². The van der Waals surface area contributed by atoms with Gasteiger partial charge in [0.1, 0.15) is 18.6 Å². The lowest BCUT2D eigenvalue weighted by Gasteiger charge is -2.08. The molecule has 0 saturated heterocycles. The quantitative estimate of drug-likeness (QED) is 0.419. The SMILES string of the molecule is COCc1nnc2n1Cc1c(C#Cc3cnc(OC)nc3)ncn1-c1ccc(C)cc1-2. The molecule has 0 radical (unpaired) electrons. The van der Waals surface area contributed by atoms with Crippen molar-refractivity contribution in [3.8, 4) is 34.9 Å². The van der Waals surface area contributed by atoms with E-state index in [1.807, 2.05) is 0 Å². The van der Waals surface area contributed by atoms with Crippen LogP contribution in [0.1, 0.15) is 28.3 Å². The summed E-state index contributed by atoms with van der Waals surface area (Å²) < 4.78 is 14.4. The number of imidazole rings is 1. The van der Waals surface area contributed by atoms with E-state index in [0.717, 1.165) is 34.2 Å². The van der Waals surface area contributed by atoms with E-state index in [-0.39, 0.29) is 0 Å². The molecule has 3 aromatic heterocycles. The van der Waals surface area contributed by atoms with E-state index in [9.17, 15) is 0 Å². The highest BCUT2D eigenvalue weighted by Crippen LogP contribution is 2.33. The van der Waals surface area contributed by atoms with Crippen LogP contribution in [0.15, 0.2) is 36.9 Å². The monoisotopic (exact) mass is 413 g/mol. The summed E-state index contributed by atoms with van der Waals surface area (Å²) in [5, 5.41) is 8.80. The molecule has 31 heavy (non-hydrogen) atoms. The van der Waals surface area contributed by atoms with Crippen LogP contribution >= 0.6 is 0 Å². The normalized spacial score (nSPS) is 11.6. The van der Waals surface area contributed by atoms with Gasteiger partial charge >= 0.3 is 6.01 Å². The fourth-order valence-corrected chi connectivity index (χ4v) is 3.58. The molecule has 0 spiro atoms. The molecule has 4 heterocycles. The maximum atomic E-state index is 5.33. The summed E-state index contributed by atoms with van der Waals surface area (Å²) in [5.74, 6) is 7.81. The molecular formula is C22H19N7O2. The van der Waals surface area contributed by atoms with Gasteiger partial charge in [-0.05, 0) is 25.0 Å². The lowest BCUT2D eigenvalue weighted by atomic mass is 10.1. The van der Waals surface area contributed by atoms with E-state index in [1.165, 1.54) is 7.11 Å². The first kappa shape index (κ1) is 19.0. The van der Waals surface area contributed by atoms with Crippen molar-refractivity contribution in [2.24, 2.45) is 0 Å². The molecule has 0 N–H and O–H groups in total. The van der Waals surface area contributed by atoms with Gasteiger partial charge < -0.3 is 14.0 Å². The van der Waals surface area contributed by atoms with E-state index < -0.39 is 0 Å². The van der Waals surface area contributed by atoms with Crippen LogP contribution in [0, 0.1) is 18.8 Å². The standard InChI is InChI=1S/C22H19N7O2/c1-14-4-7-18-16(8-14)21-27-26-20(12-30-2)28(21)11-19-17(25-13-29(18)19)6-5-15-9-23-22(31-3)24-10-15/h4,7-10,13H,11-12H2,1-3H3. The molecule has 0 amide bonds. The van der Waals surface area contributed by atoms with Crippen molar-refractivity contribution >= 4 is 0 Å². The minimum Gasteiger partial charge on any atom is -0.467 e. The summed E-state index contributed by atoms with van der Waals surface area (Å²) >= 11 is 0. The maximum Gasteiger partial charge on any atom is 0.316 e. The molecule has 9 nitrogen and oxygen atoms in total. The molecule has 1 aliphatic rings. The number of rotatable bonds is 3. The van der Waals surface area contributed by atoms with Crippen LogP contribution in [-0.2, 0) is 17.9 Å². The molecule has 4 aromatic rings. The second kappa shape index (κ2) is 7.66. The molecule has 0 unspecified atom stereocenters. The molecular weight excluding hydrogens is 394 g/mol. The molecule has 5 rings (SSSR count). The fourth-order valence-electron chi connectivity index (χ4n) is 3.58. The van der Waals surface area contributed by atoms with Crippen LogP contribution in [0.25, 0.3) is 17.1 Å². The first-order valence-corrected chi connectivity index (χ1v) is 9.64. The topological polar surface area (TPSA) is 92.8 Å². The van der Waals surface area contributed by atoms with Gasteiger partial charge in [-0.3, -0.25) is 4.57 Å². The van der Waals surface area contributed by atoms with E-state index in [1.54, 1.807) is 25.8 Å². The van der Waals surface area contributed by atoms with Crippen molar-refractivity contribution in [3.05, 3.63) is 65.3 Å². The van der Waals surface area contributed by atoms with Gasteiger partial charge in [0.2, 0.25) is 0 Å². The highest BCUT2D eigenvalue weighted by Gasteiger charge is 2.25. The summed E-state index contributed by atoms with van der Waals surface area (Å²) in [4.78, 5) is 12.8. The Morgan fingerprint density at radius 1 is 1.06 bits per heavy atom. The molecule has 0 atom stereocenters. The van der Waals surface area contributed by atoms with Crippen LogP contribution in [0.3, 0.4) is 0 Å². The second-order valence-corrected chi connectivity index (χ2v) is 7.10. The van der Waals surface area contributed by atoms with Crippen LogP contribution in [-0.4, -0.2) is 48.5 Å². The fraction of sp³-hybridized carbons (Fsp3) is 0.227. The van der Waals surface area contributed by atoms with Crippen LogP contribution < -0.4 is 4.74 Å². The molecule has 0 fully saturated rings. The van der Waals surface area contributed by atoms with E-state index in [2.05, 4.69) is 71.2 Å². The Morgan fingerprint density at radius 3 is 2.68 bits per heavy atom. The number of aryl methyl sites for hydroxylation is 1. The number of methoxy groups -OCH3 is 2. The summed E-state index contributed by atoms with van der Waals surface area (Å²) in [7, 11) is 3.17. The highest BCUT2D eigenvalue weighted by atomic mass is 16.5. The van der Waals surface area contributed by atoms with Crippen molar-refractivity contribution in [1.82, 2.24) is 34.3 Å². The zero-order valence-corrected chi connectivity index (χ0v) is 17.3. The summed E-state index contributed by atoms with van der Waals surface area (Å²) in [6.07, 6.45) is 5.05. The Morgan fingerprint density at radius 2 is 1.90 bits per heavy atom. The van der Waals surface area contributed by atoms with Gasteiger partial charge in [-0.1, -0.05) is 17.6 Å². The summed E-state index contributed by atoms with van der Waals surface area (Å²) in [6.45, 7) is 2.95. The van der Waals surface area contributed by atoms with Crippen molar-refractivity contribution in [3.63, 3.8) is 0 Å². The molecule has 0 bridgehead atoms. The number of aromatic nitrogens is 7. The molecule has 1 aromatic carbocycles. The Bertz CT molecular complexity index is 1330. The number of ether oxygens (including phenoxy) is 2. The number of hydrogen-bond acceptors (Lipinski definition) is 7. The lowest BCUT2D eigenvalue weighted by Crippen LogP contribution is -2.09. The minimum atomic E-state index is 0.305. The van der Waals surface area contributed by atoms with Gasteiger partial charge in [-0.25, -0.2) is 15.0 Å². The third-order valence-corrected chi connectivity index (χ3v) is 5.06. The van der Waals surface area contributed by atoms with Gasteiger partial charge in [0.15, 0.2) is 11.6 Å². The molecule has 9 heteroatoms. The average molecular weight is 413 g/mol. The Labute approximate surface area is 178 Å². The third kappa shape index (κ3) is 3.33. The average Bonchev–Trinajstić information content (AvgIpc) is 3.34.